The van der Waals surface area contributed by atoms with Gasteiger partial charge in [-0.25, -0.2) is 0 Å². The van der Waals surface area contributed by atoms with Crippen LogP contribution in [0, 0.1) is 5.41 Å². The van der Waals surface area contributed by atoms with Crippen LogP contribution >= 0.6 is 11.6 Å². The minimum absolute atomic E-state index is 0.0751. The molecule has 1 fully saturated rings. The fourth-order valence-electron chi connectivity index (χ4n) is 2.73. The van der Waals surface area contributed by atoms with Crippen molar-refractivity contribution in [3.63, 3.8) is 0 Å². The van der Waals surface area contributed by atoms with Crippen molar-refractivity contribution in [2.75, 3.05) is 16.8 Å². The number of benzene rings is 2. The lowest BCUT2D eigenvalue weighted by Crippen LogP contribution is -2.23. The number of anilines is 2. The standard InChI is InChI=1S/C18H18ClN3O/c19-15-12-14(8-9-16(15)22-10-4-7-17(22)20)21-18(23)11-13-5-2-1-3-6-13/h1-3,5-6,8-9,12,20H,4,7,10-11H2,(H,21,23). The molecule has 0 aromatic heterocycles. The van der Waals surface area contributed by atoms with E-state index in [0.717, 1.165) is 30.6 Å². The van der Waals surface area contributed by atoms with Gasteiger partial charge in [0.15, 0.2) is 0 Å². The molecule has 3 rings (SSSR count). The number of carbonyl (C=O) groups excluding carboxylic acids is 1. The van der Waals surface area contributed by atoms with Crippen LogP contribution in [-0.4, -0.2) is 18.3 Å². The Hall–Kier alpha value is -2.33. The van der Waals surface area contributed by atoms with Crippen molar-refractivity contribution in [1.82, 2.24) is 0 Å². The van der Waals surface area contributed by atoms with E-state index in [1.807, 2.05) is 47.4 Å². The second-order valence-electron chi connectivity index (χ2n) is 5.58. The first kappa shape index (κ1) is 15.6. The van der Waals surface area contributed by atoms with Crippen molar-refractivity contribution < 1.29 is 4.79 Å². The van der Waals surface area contributed by atoms with Gasteiger partial charge in [-0.1, -0.05) is 41.9 Å². The molecule has 4 nitrogen and oxygen atoms in total. The first-order valence-electron chi connectivity index (χ1n) is 7.62. The molecule has 2 N–H and O–H groups in total. The number of hydrogen-bond donors (Lipinski definition) is 2. The molecule has 0 spiro atoms. The van der Waals surface area contributed by atoms with E-state index in [0.29, 0.717) is 23.0 Å². The van der Waals surface area contributed by atoms with E-state index in [9.17, 15) is 4.79 Å². The zero-order chi connectivity index (χ0) is 16.2. The van der Waals surface area contributed by atoms with Crippen LogP contribution in [0.5, 0.6) is 0 Å². The average molecular weight is 328 g/mol. The molecule has 1 aliphatic heterocycles. The molecule has 1 heterocycles. The normalized spacial score (nSPS) is 14.1. The number of carbonyl (C=O) groups is 1. The highest BCUT2D eigenvalue weighted by Crippen LogP contribution is 2.31. The quantitative estimate of drug-likeness (QED) is 0.888. The van der Waals surface area contributed by atoms with Crippen LogP contribution in [-0.2, 0) is 11.2 Å². The molecule has 0 aliphatic carbocycles. The van der Waals surface area contributed by atoms with Crippen LogP contribution < -0.4 is 10.2 Å². The summed E-state index contributed by atoms with van der Waals surface area (Å²) in [6, 6.07) is 15.0. The largest absolute Gasteiger partial charge is 0.329 e. The maximum absolute atomic E-state index is 12.1. The number of nitrogens with zero attached hydrogens (tertiary/aromatic N) is 1. The van der Waals surface area contributed by atoms with Crippen LogP contribution in [0.4, 0.5) is 11.4 Å². The average Bonchev–Trinajstić information content (AvgIpc) is 2.94. The third kappa shape index (κ3) is 3.71. The predicted octanol–water partition coefficient (Wildman–Crippen LogP) is 4.10. The lowest BCUT2D eigenvalue weighted by atomic mass is 10.1. The Balaban J connectivity index is 1.68. The van der Waals surface area contributed by atoms with Gasteiger partial charge in [-0.05, 0) is 30.2 Å². The second kappa shape index (κ2) is 6.84. The van der Waals surface area contributed by atoms with E-state index in [1.54, 1.807) is 6.07 Å². The van der Waals surface area contributed by atoms with Crippen LogP contribution in [0.2, 0.25) is 5.02 Å². The van der Waals surface area contributed by atoms with E-state index in [2.05, 4.69) is 5.32 Å². The van der Waals surface area contributed by atoms with E-state index < -0.39 is 0 Å². The molecule has 1 amide bonds. The molecule has 2 aromatic carbocycles. The first-order chi connectivity index (χ1) is 11.1. The van der Waals surface area contributed by atoms with E-state index >= 15 is 0 Å². The van der Waals surface area contributed by atoms with Crippen LogP contribution in [0.25, 0.3) is 0 Å². The van der Waals surface area contributed by atoms with Gasteiger partial charge in [-0.2, -0.15) is 0 Å². The highest BCUT2D eigenvalue weighted by Gasteiger charge is 2.20. The van der Waals surface area contributed by atoms with Gasteiger partial charge >= 0.3 is 0 Å². The van der Waals surface area contributed by atoms with Gasteiger partial charge in [-0.3, -0.25) is 10.2 Å². The SMILES string of the molecule is N=C1CCCN1c1ccc(NC(=O)Cc2ccccc2)cc1Cl. The molecule has 2 aromatic rings. The summed E-state index contributed by atoms with van der Waals surface area (Å²) in [5.41, 5.74) is 2.47. The molecule has 0 saturated carbocycles. The molecular weight excluding hydrogens is 310 g/mol. The Morgan fingerprint density at radius 2 is 2.00 bits per heavy atom. The smallest absolute Gasteiger partial charge is 0.228 e. The number of amidine groups is 1. The van der Waals surface area contributed by atoms with Crippen molar-refractivity contribution >= 4 is 34.7 Å². The third-order valence-corrected chi connectivity index (χ3v) is 4.15. The minimum atomic E-state index is -0.0751. The predicted molar refractivity (Wildman–Crippen MR) is 94.5 cm³/mol. The molecule has 0 bridgehead atoms. The summed E-state index contributed by atoms with van der Waals surface area (Å²) in [6.45, 7) is 0.818. The highest BCUT2D eigenvalue weighted by molar-refractivity contribution is 6.34. The van der Waals surface area contributed by atoms with Gasteiger partial charge in [0, 0.05) is 18.7 Å². The number of nitrogens with one attached hydrogen (secondary N) is 2. The number of hydrogen-bond acceptors (Lipinski definition) is 2. The van der Waals surface area contributed by atoms with Crippen molar-refractivity contribution in [1.29, 1.82) is 5.41 Å². The number of rotatable bonds is 4. The third-order valence-electron chi connectivity index (χ3n) is 3.85. The molecule has 23 heavy (non-hydrogen) atoms. The van der Waals surface area contributed by atoms with Gasteiger partial charge < -0.3 is 10.2 Å². The Morgan fingerprint density at radius 3 is 2.65 bits per heavy atom. The van der Waals surface area contributed by atoms with Crippen molar-refractivity contribution in [2.24, 2.45) is 0 Å². The van der Waals surface area contributed by atoms with Crippen LogP contribution in [0.15, 0.2) is 48.5 Å². The van der Waals surface area contributed by atoms with Gasteiger partial charge in [0.05, 0.1) is 17.1 Å². The number of halogens is 1. The maximum atomic E-state index is 12.1. The summed E-state index contributed by atoms with van der Waals surface area (Å²) < 4.78 is 0. The molecular formula is C18H18ClN3O. The fourth-order valence-corrected chi connectivity index (χ4v) is 3.01. The van der Waals surface area contributed by atoms with Gasteiger partial charge in [0.25, 0.3) is 0 Å². The topological polar surface area (TPSA) is 56.2 Å². The van der Waals surface area contributed by atoms with E-state index in [1.165, 1.54) is 0 Å². The van der Waals surface area contributed by atoms with Crippen molar-refractivity contribution in [3.8, 4) is 0 Å². The Bertz CT molecular complexity index is 730. The van der Waals surface area contributed by atoms with Gasteiger partial charge in [0.2, 0.25) is 5.91 Å². The van der Waals surface area contributed by atoms with Crippen molar-refractivity contribution in [3.05, 3.63) is 59.1 Å². The number of amides is 1. The van der Waals surface area contributed by atoms with Crippen LogP contribution in [0.1, 0.15) is 18.4 Å². The highest BCUT2D eigenvalue weighted by atomic mass is 35.5. The molecule has 0 unspecified atom stereocenters. The molecule has 118 valence electrons. The molecule has 0 radical (unpaired) electrons. The maximum Gasteiger partial charge on any atom is 0.228 e. The van der Waals surface area contributed by atoms with Gasteiger partial charge in [0.1, 0.15) is 5.84 Å². The fraction of sp³-hybridized carbons (Fsp3) is 0.222. The summed E-state index contributed by atoms with van der Waals surface area (Å²) >= 11 is 6.33. The summed E-state index contributed by atoms with van der Waals surface area (Å²) in [4.78, 5) is 14.0. The minimum Gasteiger partial charge on any atom is -0.329 e. The summed E-state index contributed by atoms with van der Waals surface area (Å²) in [5, 5.41) is 11.3. The Kier molecular flexibility index (Phi) is 4.63. The van der Waals surface area contributed by atoms with Crippen molar-refractivity contribution in [2.45, 2.75) is 19.3 Å². The molecule has 5 heteroatoms. The zero-order valence-electron chi connectivity index (χ0n) is 12.7. The first-order valence-corrected chi connectivity index (χ1v) is 7.99. The monoisotopic (exact) mass is 327 g/mol. The van der Waals surface area contributed by atoms with Gasteiger partial charge in [-0.15, -0.1) is 0 Å². The Morgan fingerprint density at radius 1 is 1.22 bits per heavy atom. The second-order valence-corrected chi connectivity index (χ2v) is 5.99. The summed E-state index contributed by atoms with van der Waals surface area (Å²) in [7, 11) is 0. The Labute approximate surface area is 140 Å². The molecule has 1 saturated heterocycles. The van der Waals surface area contributed by atoms with E-state index in [4.69, 9.17) is 17.0 Å². The van der Waals surface area contributed by atoms with Crippen LogP contribution in [0.3, 0.4) is 0 Å². The lowest BCUT2D eigenvalue weighted by Gasteiger charge is -2.20. The lowest BCUT2D eigenvalue weighted by molar-refractivity contribution is -0.115. The zero-order valence-corrected chi connectivity index (χ0v) is 13.4. The molecule has 1 aliphatic rings. The van der Waals surface area contributed by atoms with E-state index in [-0.39, 0.29) is 5.91 Å². The molecule has 0 atom stereocenters. The summed E-state index contributed by atoms with van der Waals surface area (Å²) in [6.07, 6.45) is 2.09. The summed E-state index contributed by atoms with van der Waals surface area (Å²) in [5.74, 6) is 0.515.